The quantitative estimate of drug-likeness (QED) is 0.735. The number of hydrogen-bond acceptors (Lipinski definition) is 3. The number of imidazole rings is 1. The van der Waals surface area contributed by atoms with Gasteiger partial charge in [0.25, 0.3) is 0 Å². The molecule has 0 N–H and O–H groups in total. The lowest BCUT2D eigenvalue weighted by atomic mass is 10.1. The van der Waals surface area contributed by atoms with E-state index in [1.165, 1.54) is 0 Å². The lowest BCUT2D eigenvalue weighted by Gasteiger charge is -2.24. The monoisotopic (exact) mass is 341 g/mol. The molecule has 4 rings (SSSR count). The van der Waals surface area contributed by atoms with Crippen molar-refractivity contribution in [3.05, 3.63) is 60.7 Å². The number of rotatable bonds is 3. The van der Waals surface area contributed by atoms with Gasteiger partial charge < -0.3 is 4.57 Å². The lowest BCUT2D eigenvalue weighted by Crippen LogP contribution is -2.31. The summed E-state index contributed by atoms with van der Waals surface area (Å²) in [5, 5.41) is 1.98. The van der Waals surface area contributed by atoms with Gasteiger partial charge in [0.05, 0.1) is 10.9 Å². The molecule has 1 aromatic heterocycles. The molecular weight excluding hydrogens is 322 g/mol. The van der Waals surface area contributed by atoms with Crippen molar-refractivity contribution in [2.24, 2.45) is 7.05 Å². The van der Waals surface area contributed by atoms with Crippen LogP contribution in [0.4, 0.5) is 0 Å². The molecule has 1 atom stereocenters. The third-order valence-corrected chi connectivity index (χ3v) is 6.59. The van der Waals surface area contributed by atoms with Gasteiger partial charge >= 0.3 is 0 Å². The SMILES string of the molecule is Cn1ccnc1C1CCCN1S(=O)(=O)c1ccc2ccccc2c1. The summed E-state index contributed by atoms with van der Waals surface area (Å²) in [6.45, 7) is 0.534. The molecule has 0 aliphatic carbocycles. The Balaban J connectivity index is 1.76. The van der Waals surface area contributed by atoms with Gasteiger partial charge in [-0.25, -0.2) is 13.4 Å². The topological polar surface area (TPSA) is 55.2 Å². The Morgan fingerprint density at radius 3 is 2.67 bits per heavy atom. The molecule has 24 heavy (non-hydrogen) atoms. The van der Waals surface area contributed by atoms with E-state index in [4.69, 9.17) is 0 Å². The molecule has 5 nitrogen and oxygen atoms in total. The summed E-state index contributed by atoms with van der Waals surface area (Å²) < 4.78 is 29.9. The van der Waals surface area contributed by atoms with Crippen molar-refractivity contribution in [2.45, 2.75) is 23.8 Å². The maximum Gasteiger partial charge on any atom is 0.243 e. The zero-order valence-corrected chi connectivity index (χ0v) is 14.3. The summed E-state index contributed by atoms with van der Waals surface area (Å²) in [6.07, 6.45) is 5.23. The first kappa shape index (κ1) is 15.4. The summed E-state index contributed by atoms with van der Waals surface area (Å²) in [6, 6.07) is 12.9. The fourth-order valence-corrected chi connectivity index (χ4v) is 5.14. The largest absolute Gasteiger partial charge is 0.337 e. The fourth-order valence-electron chi connectivity index (χ4n) is 3.45. The molecule has 0 spiro atoms. The van der Waals surface area contributed by atoms with E-state index in [1.54, 1.807) is 22.6 Å². The van der Waals surface area contributed by atoms with Crippen LogP contribution in [0.5, 0.6) is 0 Å². The van der Waals surface area contributed by atoms with E-state index < -0.39 is 10.0 Å². The summed E-state index contributed by atoms with van der Waals surface area (Å²) >= 11 is 0. The van der Waals surface area contributed by atoms with Crippen LogP contribution in [0, 0.1) is 0 Å². The van der Waals surface area contributed by atoms with E-state index >= 15 is 0 Å². The zero-order valence-electron chi connectivity index (χ0n) is 13.5. The highest BCUT2D eigenvalue weighted by Crippen LogP contribution is 2.36. The van der Waals surface area contributed by atoms with Crippen LogP contribution in [0.1, 0.15) is 24.7 Å². The van der Waals surface area contributed by atoms with Crippen LogP contribution in [-0.2, 0) is 17.1 Å². The smallest absolute Gasteiger partial charge is 0.243 e. The predicted octanol–water partition coefficient (Wildman–Crippen LogP) is 3.10. The highest BCUT2D eigenvalue weighted by Gasteiger charge is 2.38. The van der Waals surface area contributed by atoms with Crippen LogP contribution in [0.2, 0.25) is 0 Å². The van der Waals surface area contributed by atoms with Crippen LogP contribution < -0.4 is 0 Å². The highest BCUT2D eigenvalue weighted by molar-refractivity contribution is 7.89. The molecule has 0 radical (unpaired) electrons. The van der Waals surface area contributed by atoms with Crippen LogP contribution in [0.15, 0.2) is 59.8 Å². The van der Waals surface area contributed by atoms with E-state index in [0.717, 1.165) is 29.4 Å². The van der Waals surface area contributed by atoms with Gasteiger partial charge in [0.15, 0.2) is 0 Å². The van der Waals surface area contributed by atoms with Crippen molar-refractivity contribution in [2.75, 3.05) is 6.54 Å². The number of nitrogens with zero attached hydrogens (tertiary/aromatic N) is 3. The second-order valence-corrected chi connectivity index (χ2v) is 8.07. The molecule has 2 heterocycles. The Morgan fingerprint density at radius 1 is 1.12 bits per heavy atom. The second-order valence-electron chi connectivity index (χ2n) is 6.18. The minimum absolute atomic E-state index is 0.193. The van der Waals surface area contributed by atoms with Crippen molar-refractivity contribution in [1.29, 1.82) is 0 Å². The molecule has 0 saturated carbocycles. The Hall–Kier alpha value is -2.18. The van der Waals surface area contributed by atoms with Crippen molar-refractivity contribution in [3.63, 3.8) is 0 Å². The number of benzene rings is 2. The Labute approximate surface area is 141 Å². The Bertz CT molecular complexity index is 994. The van der Waals surface area contributed by atoms with Crippen molar-refractivity contribution < 1.29 is 8.42 Å². The van der Waals surface area contributed by atoms with Gasteiger partial charge in [0, 0.05) is 26.0 Å². The first-order valence-corrected chi connectivity index (χ1v) is 9.49. The van der Waals surface area contributed by atoms with Crippen molar-refractivity contribution >= 4 is 20.8 Å². The maximum absolute atomic E-state index is 13.2. The second kappa shape index (κ2) is 5.72. The number of hydrogen-bond donors (Lipinski definition) is 0. The molecule has 124 valence electrons. The van der Waals surface area contributed by atoms with Gasteiger partial charge in [-0.15, -0.1) is 0 Å². The number of sulfonamides is 1. The van der Waals surface area contributed by atoms with E-state index in [-0.39, 0.29) is 6.04 Å². The summed E-state index contributed by atoms with van der Waals surface area (Å²) in [4.78, 5) is 4.71. The molecule has 2 aromatic carbocycles. The van der Waals surface area contributed by atoms with E-state index in [9.17, 15) is 8.42 Å². The third-order valence-electron chi connectivity index (χ3n) is 4.69. The van der Waals surface area contributed by atoms with Crippen molar-refractivity contribution in [1.82, 2.24) is 13.9 Å². The Kier molecular flexibility index (Phi) is 3.66. The van der Waals surface area contributed by atoms with Gasteiger partial charge in [-0.05, 0) is 35.7 Å². The number of fused-ring (bicyclic) bond motifs is 1. The zero-order chi connectivity index (χ0) is 16.7. The number of aromatic nitrogens is 2. The molecule has 1 unspecified atom stereocenters. The molecular formula is C18H19N3O2S. The van der Waals surface area contributed by atoms with E-state index in [1.807, 2.05) is 48.1 Å². The van der Waals surface area contributed by atoms with Gasteiger partial charge in [0.1, 0.15) is 5.82 Å². The first-order chi connectivity index (χ1) is 11.6. The van der Waals surface area contributed by atoms with Gasteiger partial charge in [-0.2, -0.15) is 4.31 Å². The standard InChI is InChI=1S/C18H19N3O2S/c1-20-12-10-19-18(20)17-7-4-11-21(17)24(22,23)16-9-8-14-5-2-3-6-15(14)13-16/h2-3,5-6,8-10,12-13,17H,4,7,11H2,1H3. The van der Waals surface area contributed by atoms with E-state index in [2.05, 4.69) is 4.98 Å². The van der Waals surface area contributed by atoms with E-state index in [0.29, 0.717) is 11.4 Å². The predicted molar refractivity (Wildman–Crippen MR) is 93.0 cm³/mol. The summed E-state index contributed by atoms with van der Waals surface area (Å²) in [5.41, 5.74) is 0. The minimum Gasteiger partial charge on any atom is -0.337 e. The summed E-state index contributed by atoms with van der Waals surface area (Å²) in [5.74, 6) is 0.803. The van der Waals surface area contributed by atoms with Gasteiger partial charge in [-0.1, -0.05) is 30.3 Å². The average molecular weight is 341 g/mol. The van der Waals surface area contributed by atoms with Crippen LogP contribution in [-0.4, -0.2) is 28.8 Å². The third kappa shape index (κ3) is 2.42. The molecule has 6 heteroatoms. The molecule has 1 fully saturated rings. The van der Waals surface area contributed by atoms with Crippen LogP contribution in [0.25, 0.3) is 10.8 Å². The number of aryl methyl sites for hydroxylation is 1. The van der Waals surface area contributed by atoms with Crippen LogP contribution >= 0.6 is 0 Å². The minimum atomic E-state index is -3.54. The fraction of sp³-hybridized carbons (Fsp3) is 0.278. The normalized spacial score (nSPS) is 19.1. The Morgan fingerprint density at radius 2 is 1.92 bits per heavy atom. The molecule has 1 aliphatic rings. The van der Waals surface area contributed by atoms with Gasteiger partial charge in [0.2, 0.25) is 10.0 Å². The van der Waals surface area contributed by atoms with Gasteiger partial charge in [-0.3, -0.25) is 0 Å². The van der Waals surface area contributed by atoms with Crippen LogP contribution in [0.3, 0.4) is 0 Å². The molecule has 1 aliphatic heterocycles. The first-order valence-electron chi connectivity index (χ1n) is 8.05. The molecule has 1 saturated heterocycles. The average Bonchev–Trinajstić information content (AvgIpc) is 3.23. The molecule has 0 amide bonds. The highest BCUT2D eigenvalue weighted by atomic mass is 32.2. The summed E-state index contributed by atoms with van der Waals surface area (Å²) in [7, 11) is -1.64. The molecule has 0 bridgehead atoms. The lowest BCUT2D eigenvalue weighted by molar-refractivity contribution is 0.377. The maximum atomic E-state index is 13.2. The van der Waals surface area contributed by atoms with Crippen molar-refractivity contribution in [3.8, 4) is 0 Å². The molecule has 3 aromatic rings.